The number of hydrogen-bond donors (Lipinski definition) is 1. The van der Waals surface area contributed by atoms with E-state index in [1.807, 2.05) is 0 Å². The predicted molar refractivity (Wildman–Crippen MR) is 72.8 cm³/mol. The van der Waals surface area contributed by atoms with E-state index in [4.69, 9.17) is 9.47 Å². The minimum atomic E-state index is -0.229. The summed E-state index contributed by atoms with van der Waals surface area (Å²) < 4.78 is 24.2. The highest BCUT2D eigenvalue weighted by Gasteiger charge is 2.48. The normalized spacial score (nSPS) is 24.9. The highest BCUT2D eigenvalue weighted by Crippen LogP contribution is 2.42. The maximum atomic E-state index is 13.8. The van der Waals surface area contributed by atoms with Gasteiger partial charge in [0.1, 0.15) is 11.6 Å². The Balaban J connectivity index is 1.93. The molecular formula is C15H22FNO2. The van der Waals surface area contributed by atoms with Gasteiger partial charge in [0.15, 0.2) is 0 Å². The van der Waals surface area contributed by atoms with Crippen molar-refractivity contribution in [2.24, 2.45) is 5.41 Å². The van der Waals surface area contributed by atoms with Crippen LogP contribution < -0.4 is 10.1 Å². The molecule has 1 saturated carbocycles. The Morgan fingerprint density at radius 3 is 2.63 bits per heavy atom. The minimum Gasteiger partial charge on any atom is -0.497 e. The maximum absolute atomic E-state index is 13.8. The first kappa shape index (κ1) is 14.3. The number of nitrogens with one attached hydrogen (secondary N) is 1. The summed E-state index contributed by atoms with van der Waals surface area (Å²) in [5.74, 6) is 0.317. The van der Waals surface area contributed by atoms with Crippen molar-refractivity contribution >= 4 is 0 Å². The fourth-order valence-corrected chi connectivity index (χ4v) is 2.66. The van der Waals surface area contributed by atoms with Gasteiger partial charge in [-0.05, 0) is 12.5 Å². The van der Waals surface area contributed by atoms with Crippen molar-refractivity contribution in [1.29, 1.82) is 0 Å². The maximum Gasteiger partial charge on any atom is 0.131 e. The van der Waals surface area contributed by atoms with Crippen molar-refractivity contribution < 1.29 is 13.9 Å². The molecular weight excluding hydrogens is 245 g/mol. The summed E-state index contributed by atoms with van der Waals surface area (Å²) in [5.41, 5.74) is 0.759. The molecule has 0 aliphatic heterocycles. The number of benzene rings is 1. The summed E-state index contributed by atoms with van der Waals surface area (Å²) in [5, 5.41) is 3.41. The van der Waals surface area contributed by atoms with Crippen LogP contribution in [0.5, 0.6) is 5.75 Å². The van der Waals surface area contributed by atoms with Crippen molar-refractivity contribution in [3.05, 3.63) is 29.6 Å². The number of ether oxygens (including phenoxy) is 2. The van der Waals surface area contributed by atoms with Gasteiger partial charge in [0.2, 0.25) is 0 Å². The predicted octanol–water partition coefficient (Wildman–Crippen LogP) is 2.74. The summed E-state index contributed by atoms with van der Waals surface area (Å²) in [4.78, 5) is 0. The SMILES string of the molecule is COc1ccc(CNC2CC(OC)C2(C)C)c(F)c1. The molecule has 1 N–H and O–H groups in total. The Morgan fingerprint density at radius 1 is 1.37 bits per heavy atom. The standard InChI is InChI=1S/C15H22FNO2/c1-15(2)13(8-14(15)19-4)17-9-10-5-6-11(18-3)7-12(10)16/h5-7,13-14,17H,8-9H2,1-4H3. The quantitative estimate of drug-likeness (QED) is 0.890. The topological polar surface area (TPSA) is 30.5 Å². The van der Waals surface area contributed by atoms with E-state index in [0.29, 0.717) is 23.9 Å². The molecule has 1 aliphatic carbocycles. The van der Waals surface area contributed by atoms with Gasteiger partial charge in [-0.25, -0.2) is 4.39 Å². The largest absolute Gasteiger partial charge is 0.497 e. The highest BCUT2D eigenvalue weighted by molar-refractivity contribution is 5.29. The van der Waals surface area contributed by atoms with Crippen molar-refractivity contribution in [2.45, 2.75) is 39.0 Å². The minimum absolute atomic E-state index is 0.0949. The molecule has 2 atom stereocenters. The van der Waals surface area contributed by atoms with Crippen LogP contribution in [0.1, 0.15) is 25.8 Å². The van der Waals surface area contributed by atoms with Gasteiger partial charge in [0.05, 0.1) is 13.2 Å². The van der Waals surface area contributed by atoms with Gasteiger partial charge in [-0.2, -0.15) is 0 Å². The van der Waals surface area contributed by atoms with Crippen molar-refractivity contribution in [3.8, 4) is 5.75 Å². The molecule has 0 amide bonds. The third-order valence-corrected chi connectivity index (χ3v) is 4.26. The van der Waals surface area contributed by atoms with Gasteiger partial charge in [-0.15, -0.1) is 0 Å². The zero-order valence-electron chi connectivity index (χ0n) is 12.0. The van der Waals surface area contributed by atoms with E-state index in [-0.39, 0.29) is 17.3 Å². The molecule has 3 nitrogen and oxygen atoms in total. The molecule has 1 aromatic carbocycles. The van der Waals surface area contributed by atoms with Crippen LogP contribution >= 0.6 is 0 Å². The molecule has 0 aromatic heterocycles. The smallest absolute Gasteiger partial charge is 0.131 e. The average molecular weight is 267 g/mol. The fraction of sp³-hybridized carbons (Fsp3) is 0.600. The Morgan fingerprint density at radius 2 is 2.11 bits per heavy atom. The van der Waals surface area contributed by atoms with E-state index in [2.05, 4.69) is 19.2 Å². The third-order valence-electron chi connectivity index (χ3n) is 4.26. The van der Waals surface area contributed by atoms with Gasteiger partial charge in [0, 0.05) is 36.7 Å². The average Bonchev–Trinajstić information content (AvgIpc) is 2.39. The van der Waals surface area contributed by atoms with Crippen LogP contribution in [0.4, 0.5) is 4.39 Å². The van der Waals surface area contributed by atoms with Crippen LogP contribution in [-0.2, 0) is 11.3 Å². The molecule has 0 bridgehead atoms. The molecule has 19 heavy (non-hydrogen) atoms. The summed E-state index contributed by atoms with van der Waals surface area (Å²) >= 11 is 0. The molecule has 0 saturated heterocycles. The number of methoxy groups -OCH3 is 2. The zero-order chi connectivity index (χ0) is 14.0. The van der Waals surface area contributed by atoms with E-state index >= 15 is 0 Å². The van der Waals surface area contributed by atoms with Gasteiger partial charge in [0.25, 0.3) is 0 Å². The zero-order valence-corrected chi connectivity index (χ0v) is 12.0. The Hall–Kier alpha value is -1.13. The summed E-state index contributed by atoms with van der Waals surface area (Å²) in [6, 6.07) is 5.32. The number of rotatable bonds is 5. The molecule has 1 aromatic rings. The molecule has 4 heteroatoms. The van der Waals surface area contributed by atoms with Crippen molar-refractivity contribution in [1.82, 2.24) is 5.32 Å². The molecule has 0 heterocycles. The molecule has 1 fully saturated rings. The van der Waals surface area contributed by atoms with Gasteiger partial charge < -0.3 is 14.8 Å². The van der Waals surface area contributed by atoms with Gasteiger partial charge >= 0.3 is 0 Å². The summed E-state index contributed by atoms with van der Waals surface area (Å²) in [7, 11) is 3.28. The van der Waals surface area contributed by atoms with Gasteiger partial charge in [-0.3, -0.25) is 0 Å². The fourth-order valence-electron chi connectivity index (χ4n) is 2.66. The van der Waals surface area contributed by atoms with E-state index < -0.39 is 0 Å². The van der Waals surface area contributed by atoms with Crippen LogP contribution in [0.3, 0.4) is 0 Å². The van der Waals surface area contributed by atoms with Gasteiger partial charge in [-0.1, -0.05) is 19.9 Å². The van der Waals surface area contributed by atoms with Crippen LogP contribution in [-0.4, -0.2) is 26.4 Å². The van der Waals surface area contributed by atoms with Crippen molar-refractivity contribution in [3.63, 3.8) is 0 Å². The third kappa shape index (κ3) is 2.74. The molecule has 106 valence electrons. The highest BCUT2D eigenvalue weighted by atomic mass is 19.1. The second-order valence-electron chi connectivity index (χ2n) is 5.67. The van der Waals surface area contributed by atoms with Crippen LogP contribution in [0, 0.1) is 11.2 Å². The summed E-state index contributed by atoms with van der Waals surface area (Å²) in [6.45, 7) is 4.87. The Kier molecular flexibility index (Phi) is 4.11. The molecule has 2 unspecified atom stereocenters. The first-order valence-corrected chi connectivity index (χ1v) is 6.57. The van der Waals surface area contributed by atoms with Crippen LogP contribution in [0.25, 0.3) is 0 Å². The summed E-state index contributed by atoms with van der Waals surface area (Å²) in [6.07, 6.45) is 1.26. The molecule has 1 aliphatic rings. The van der Waals surface area contributed by atoms with E-state index in [0.717, 1.165) is 6.42 Å². The van der Waals surface area contributed by atoms with Crippen LogP contribution in [0.15, 0.2) is 18.2 Å². The van der Waals surface area contributed by atoms with Crippen LogP contribution in [0.2, 0.25) is 0 Å². The molecule has 2 rings (SSSR count). The lowest BCUT2D eigenvalue weighted by Gasteiger charge is -2.51. The molecule has 0 radical (unpaired) electrons. The monoisotopic (exact) mass is 267 g/mol. The Bertz CT molecular complexity index is 448. The lowest BCUT2D eigenvalue weighted by atomic mass is 9.64. The molecule has 0 spiro atoms. The first-order valence-electron chi connectivity index (χ1n) is 6.57. The number of halogens is 1. The van der Waals surface area contributed by atoms with E-state index in [1.165, 1.54) is 13.2 Å². The first-order chi connectivity index (χ1) is 8.98. The van der Waals surface area contributed by atoms with E-state index in [9.17, 15) is 4.39 Å². The second kappa shape index (κ2) is 5.47. The van der Waals surface area contributed by atoms with E-state index in [1.54, 1.807) is 19.2 Å². The lowest BCUT2D eigenvalue weighted by molar-refractivity contribution is -0.0979. The second-order valence-corrected chi connectivity index (χ2v) is 5.67. The Labute approximate surface area is 114 Å². The lowest BCUT2D eigenvalue weighted by Crippen LogP contribution is -2.60. The number of hydrogen-bond acceptors (Lipinski definition) is 3. The van der Waals surface area contributed by atoms with Crippen molar-refractivity contribution in [2.75, 3.05) is 14.2 Å².